The Balaban J connectivity index is -0.0000000152. The molecule has 16 nitrogen and oxygen atoms in total. The van der Waals surface area contributed by atoms with E-state index in [1.165, 1.54) is 0 Å². The monoisotopic (exact) mass is 730 g/mol. The Morgan fingerprint density at radius 1 is 0.308 bits per heavy atom. The van der Waals surface area contributed by atoms with Crippen molar-refractivity contribution in [2.75, 3.05) is 0 Å². The molecule has 0 rings (SSSR count). The molecule has 0 aliphatic heterocycles. The van der Waals surface area contributed by atoms with E-state index in [0.717, 1.165) is 0 Å². The van der Waals surface area contributed by atoms with Crippen molar-refractivity contribution in [1.29, 1.82) is 0 Å². The van der Waals surface area contributed by atoms with Gasteiger partial charge in [-0.1, -0.05) is 0 Å². The smallest absolute Gasteiger partial charge is 0.822 e. The normalized spacial score (nSPS) is 9.08. The van der Waals surface area contributed by atoms with Crippen LogP contribution in [0, 0.1) is 0 Å². The van der Waals surface area contributed by atoms with Gasteiger partial charge in [-0.2, -0.15) is 31.3 Å². The van der Waals surface area contributed by atoms with Gasteiger partial charge < -0.3 is 77.0 Å². The minimum Gasteiger partial charge on any atom is -0.822 e. The summed E-state index contributed by atoms with van der Waals surface area (Å²) in [7, 11) is -21.6. The molecule has 0 spiro atoms. The van der Waals surface area contributed by atoms with Crippen molar-refractivity contribution in [2.24, 2.45) is 0 Å². The van der Waals surface area contributed by atoms with Crippen LogP contribution in [0.3, 0.4) is 0 Å². The van der Waals surface area contributed by atoms with E-state index in [2.05, 4.69) is 0 Å². The first-order valence-electron chi connectivity index (χ1n) is 2.92. The largest absolute Gasteiger partial charge is 2.00 e. The van der Waals surface area contributed by atoms with Crippen LogP contribution in [0.15, 0.2) is 0 Å². The quantitative estimate of drug-likeness (QED) is 0.165. The van der Waals surface area contributed by atoms with Crippen LogP contribution >= 0.6 is 31.3 Å². The summed E-state index contributed by atoms with van der Waals surface area (Å²) < 4.78 is 34.2. The molecule has 26 heteroatoms. The topological polar surface area (TPSA) is 345 Å². The maximum Gasteiger partial charge on any atom is 2.00 e. The first-order chi connectivity index (χ1) is 8.00. The SMILES string of the molecule is O=P([O-])([O-])[O-].O=P([O-])([O-])[O-].O=P([O-])([O-])[O-].O=P([O-])([O-])[O-].[Co+2].[Co+2].[Co+2].[Ni+2].[Ni+2].[Ni+2]. The Morgan fingerprint density at radius 3 is 0.308 bits per heavy atom. The van der Waals surface area contributed by atoms with Crippen molar-refractivity contribution >= 4 is 31.3 Å². The van der Waals surface area contributed by atoms with Gasteiger partial charge in [0, 0.05) is 0 Å². The fourth-order valence-corrected chi connectivity index (χ4v) is 0. The second kappa shape index (κ2) is 28.4. The van der Waals surface area contributed by atoms with Crippen LogP contribution < -0.4 is 58.7 Å². The minimum atomic E-state index is -5.39. The maximum atomic E-state index is 8.55. The molecule has 173 valence electrons. The second-order valence-corrected chi connectivity index (χ2v) is 5.37. The molecule has 0 N–H and O–H groups in total. The van der Waals surface area contributed by atoms with Crippen molar-refractivity contribution in [2.45, 2.75) is 0 Å². The number of rotatable bonds is 0. The molecular weight excluding hydrogens is 733 g/mol. The van der Waals surface area contributed by atoms with Crippen molar-refractivity contribution in [3.8, 4) is 0 Å². The van der Waals surface area contributed by atoms with Gasteiger partial charge in [0.15, 0.2) is 0 Å². The minimum absolute atomic E-state index is 0. The van der Waals surface area contributed by atoms with Gasteiger partial charge in [0.1, 0.15) is 0 Å². The predicted molar refractivity (Wildman–Crippen MR) is 30.4 cm³/mol. The molecule has 26 heavy (non-hydrogen) atoms. The fraction of sp³-hybridized carbons (Fsp3) is 0. The Kier molecular flexibility index (Phi) is 68.9. The van der Waals surface area contributed by atoms with Crippen molar-refractivity contribution < 1.29 is 177 Å². The summed E-state index contributed by atoms with van der Waals surface area (Å²) in [6.45, 7) is 0. The molecule has 0 fully saturated rings. The fourth-order valence-electron chi connectivity index (χ4n) is 0. The first-order valence-corrected chi connectivity index (χ1v) is 8.76. The average Bonchev–Trinajstić information content (AvgIpc) is 1.62. The molecule has 0 bridgehead atoms. The van der Waals surface area contributed by atoms with E-state index in [9.17, 15) is 0 Å². The molecule has 0 saturated heterocycles. The third-order valence-electron chi connectivity index (χ3n) is 0. The van der Waals surface area contributed by atoms with Crippen LogP contribution in [-0.4, -0.2) is 0 Å². The molecule has 0 aromatic carbocycles. The standard InChI is InChI=1S/3Co.3Ni.4H3O4P/c;;;;;;4*1-5(2,3)4/h;;;;;;4*(H3,1,2,3,4)/q6*+2;;;;/p-12. The molecule has 0 atom stereocenters. The van der Waals surface area contributed by atoms with Crippen LogP contribution in [0.5, 0.6) is 0 Å². The number of hydrogen-bond acceptors (Lipinski definition) is 16. The van der Waals surface area contributed by atoms with E-state index in [1.54, 1.807) is 0 Å². The third-order valence-corrected chi connectivity index (χ3v) is 0. The molecular formula is Co3Ni3O16P4. The predicted octanol–water partition coefficient (Wildman–Crippen LogP) is -11.3. The first kappa shape index (κ1) is 63.0. The molecule has 0 aromatic rings. The van der Waals surface area contributed by atoms with Crippen LogP contribution in [0.25, 0.3) is 0 Å². The van der Waals surface area contributed by atoms with E-state index in [-0.39, 0.29) is 99.8 Å². The van der Waals surface area contributed by atoms with Crippen molar-refractivity contribution in [1.82, 2.24) is 0 Å². The van der Waals surface area contributed by atoms with E-state index < -0.39 is 31.3 Å². The van der Waals surface area contributed by atoms with Crippen LogP contribution in [0.1, 0.15) is 0 Å². The van der Waals surface area contributed by atoms with E-state index in [0.29, 0.717) is 0 Å². The summed E-state index contributed by atoms with van der Waals surface area (Å²) in [6, 6.07) is 0. The van der Waals surface area contributed by atoms with Gasteiger partial charge in [-0.3, -0.25) is 0 Å². The van der Waals surface area contributed by atoms with Gasteiger partial charge in [0.25, 0.3) is 0 Å². The van der Waals surface area contributed by atoms with Gasteiger partial charge in [-0.05, 0) is 0 Å². The molecule has 0 heterocycles. The molecule has 0 amide bonds. The summed E-state index contributed by atoms with van der Waals surface area (Å²) in [5.74, 6) is 0. The zero-order valence-corrected chi connectivity index (χ0v) is 19.9. The van der Waals surface area contributed by atoms with Gasteiger partial charge in [-0.15, -0.1) is 0 Å². The Bertz CT molecular complexity index is 305. The summed E-state index contributed by atoms with van der Waals surface area (Å²) in [5, 5.41) is 0. The molecule has 0 aliphatic carbocycles. The van der Waals surface area contributed by atoms with Gasteiger partial charge in [0.2, 0.25) is 0 Å². The molecule has 0 aliphatic rings. The Hall–Kier alpha value is 3.44. The average molecular weight is 733 g/mol. The van der Waals surface area contributed by atoms with E-state index in [1.807, 2.05) is 0 Å². The molecule has 3 radical (unpaired) electrons. The van der Waals surface area contributed by atoms with Gasteiger partial charge in [0.05, 0.1) is 0 Å². The van der Waals surface area contributed by atoms with Gasteiger partial charge >= 0.3 is 99.8 Å². The number of phosphoric acid groups is 4. The maximum absolute atomic E-state index is 8.55. The summed E-state index contributed by atoms with van der Waals surface area (Å²) >= 11 is 0. The van der Waals surface area contributed by atoms with Crippen molar-refractivity contribution in [3.63, 3.8) is 0 Å². The molecule has 0 aromatic heterocycles. The zero-order valence-electron chi connectivity index (χ0n) is 10.3. The van der Waals surface area contributed by atoms with Gasteiger partial charge in [-0.25, -0.2) is 0 Å². The Morgan fingerprint density at radius 2 is 0.308 bits per heavy atom. The number of hydrogen-bond donors (Lipinski definition) is 0. The van der Waals surface area contributed by atoms with Crippen LogP contribution in [0.2, 0.25) is 0 Å². The summed E-state index contributed by atoms with van der Waals surface area (Å²) in [6.07, 6.45) is 0. The van der Waals surface area contributed by atoms with Crippen LogP contribution in [0.4, 0.5) is 0 Å². The Labute approximate surface area is 206 Å². The molecule has 0 saturated carbocycles. The van der Waals surface area contributed by atoms with Crippen LogP contribution in [-0.2, 0) is 118 Å². The second-order valence-electron chi connectivity index (χ2n) is 1.79. The third kappa shape index (κ3) is 1620. The summed E-state index contributed by atoms with van der Waals surface area (Å²) in [4.78, 5) is 103. The summed E-state index contributed by atoms with van der Waals surface area (Å²) in [5.41, 5.74) is 0. The zero-order chi connectivity index (χ0) is 18.0. The molecule has 0 unspecified atom stereocenters. The van der Waals surface area contributed by atoms with E-state index >= 15 is 0 Å². The van der Waals surface area contributed by atoms with E-state index in [4.69, 9.17) is 77.0 Å². The van der Waals surface area contributed by atoms with Crippen molar-refractivity contribution in [3.05, 3.63) is 0 Å².